The lowest BCUT2D eigenvalue weighted by molar-refractivity contribution is -0.164. The highest BCUT2D eigenvalue weighted by Gasteiger charge is 2.38. The Morgan fingerprint density at radius 2 is 2.23 bits per heavy atom. The van der Waals surface area contributed by atoms with Gasteiger partial charge in [0.2, 0.25) is 0 Å². The Labute approximate surface area is 81.8 Å². The quantitative estimate of drug-likeness (QED) is 0.518. The first-order valence-corrected chi connectivity index (χ1v) is 5.25. The third-order valence-corrected chi connectivity index (χ3v) is 2.97. The normalized spacial score (nSPS) is 20.3. The van der Waals surface area contributed by atoms with Gasteiger partial charge in [-0.25, -0.2) is 4.79 Å². The third kappa shape index (κ3) is 2.64. The minimum absolute atomic E-state index is 0.0612. The number of rotatable bonds is 2. The molecular formula is C9H12O3S. The first-order valence-electron chi connectivity index (χ1n) is 4.10. The van der Waals surface area contributed by atoms with Crippen molar-refractivity contribution in [3.8, 4) is 12.3 Å². The Morgan fingerprint density at radius 1 is 1.62 bits per heavy atom. The molecule has 3 nitrogen and oxygen atoms in total. The molecule has 0 radical (unpaired) electrons. The lowest BCUT2D eigenvalue weighted by Crippen LogP contribution is -2.43. The maximum atomic E-state index is 11.3. The van der Waals surface area contributed by atoms with Crippen LogP contribution in [0.3, 0.4) is 0 Å². The maximum absolute atomic E-state index is 11.3. The van der Waals surface area contributed by atoms with E-state index in [4.69, 9.17) is 11.2 Å². The molecule has 0 aromatic heterocycles. The van der Waals surface area contributed by atoms with Crippen molar-refractivity contribution in [1.29, 1.82) is 0 Å². The second-order valence-corrected chi connectivity index (χ2v) is 4.15. The van der Waals surface area contributed by atoms with Crippen LogP contribution < -0.4 is 0 Å². The van der Waals surface area contributed by atoms with Crippen molar-refractivity contribution < 1.29 is 14.6 Å². The van der Waals surface area contributed by atoms with E-state index in [2.05, 4.69) is 5.92 Å². The number of aliphatic hydroxyl groups is 1. The Morgan fingerprint density at radius 3 is 2.77 bits per heavy atom. The Hall–Kier alpha value is -0.660. The monoisotopic (exact) mass is 200 g/mol. The van der Waals surface area contributed by atoms with Gasteiger partial charge in [-0.05, 0) is 24.3 Å². The van der Waals surface area contributed by atoms with Crippen LogP contribution in [-0.4, -0.2) is 34.8 Å². The third-order valence-electron chi connectivity index (χ3n) is 1.99. The van der Waals surface area contributed by atoms with Crippen LogP contribution in [0.25, 0.3) is 0 Å². The molecule has 1 heterocycles. The van der Waals surface area contributed by atoms with Crippen LogP contribution in [-0.2, 0) is 9.53 Å². The molecule has 0 aromatic carbocycles. The van der Waals surface area contributed by atoms with Crippen molar-refractivity contribution in [2.45, 2.75) is 18.4 Å². The molecule has 0 amide bonds. The molecule has 1 aliphatic heterocycles. The summed E-state index contributed by atoms with van der Waals surface area (Å²) in [6.45, 7) is -0.0612. The molecule has 0 bridgehead atoms. The molecule has 0 aliphatic carbocycles. The summed E-state index contributed by atoms with van der Waals surface area (Å²) in [7, 11) is 0. The fourth-order valence-electron chi connectivity index (χ4n) is 1.15. The summed E-state index contributed by atoms with van der Waals surface area (Å²) in [5.74, 6) is 3.20. The van der Waals surface area contributed by atoms with Crippen molar-refractivity contribution >= 4 is 17.7 Å². The number of terminal acetylenes is 1. The van der Waals surface area contributed by atoms with Crippen LogP contribution in [0.5, 0.6) is 0 Å². The minimum atomic E-state index is -1.29. The minimum Gasteiger partial charge on any atom is -0.450 e. The number of hydrogen-bond acceptors (Lipinski definition) is 4. The van der Waals surface area contributed by atoms with Crippen molar-refractivity contribution in [1.82, 2.24) is 0 Å². The van der Waals surface area contributed by atoms with E-state index in [0.29, 0.717) is 12.8 Å². The number of carbonyl (C=O) groups is 1. The molecule has 0 atom stereocenters. The highest BCUT2D eigenvalue weighted by Crippen LogP contribution is 2.27. The standard InChI is InChI=1S/C9H12O3S/c1-2-5-12-8(10)9(11)3-6-13-7-4-9/h1,11H,3-7H2. The smallest absolute Gasteiger partial charge is 0.339 e. The Balaban J connectivity index is 2.47. The van der Waals surface area contributed by atoms with Gasteiger partial charge < -0.3 is 9.84 Å². The van der Waals surface area contributed by atoms with Gasteiger partial charge in [-0.3, -0.25) is 0 Å². The molecule has 13 heavy (non-hydrogen) atoms. The van der Waals surface area contributed by atoms with Crippen molar-refractivity contribution in [2.24, 2.45) is 0 Å². The zero-order chi connectivity index (χ0) is 9.73. The Bertz CT molecular complexity index is 226. The molecular weight excluding hydrogens is 188 g/mol. The van der Waals surface area contributed by atoms with Gasteiger partial charge in [0.25, 0.3) is 0 Å². The summed E-state index contributed by atoms with van der Waals surface area (Å²) in [6, 6.07) is 0. The maximum Gasteiger partial charge on any atom is 0.339 e. The molecule has 0 aromatic rings. The molecule has 1 aliphatic rings. The van der Waals surface area contributed by atoms with Crippen LogP contribution >= 0.6 is 11.8 Å². The van der Waals surface area contributed by atoms with Crippen LogP contribution in [0.2, 0.25) is 0 Å². The predicted octanol–water partition coefficient (Wildman–Crippen LogP) is 0.421. The van der Waals surface area contributed by atoms with Gasteiger partial charge in [0.05, 0.1) is 0 Å². The highest BCUT2D eigenvalue weighted by atomic mass is 32.2. The van der Waals surface area contributed by atoms with Crippen LogP contribution in [0.1, 0.15) is 12.8 Å². The second kappa shape index (κ2) is 4.54. The largest absolute Gasteiger partial charge is 0.450 e. The highest BCUT2D eigenvalue weighted by molar-refractivity contribution is 7.99. The molecule has 1 N–H and O–H groups in total. The van der Waals surface area contributed by atoms with E-state index in [1.807, 2.05) is 0 Å². The summed E-state index contributed by atoms with van der Waals surface area (Å²) < 4.78 is 4.70. The number of esters is 1. The van der Waals surface area contributed by atoms with E-state index in [0.717, 1.165) is 11.5 Å². The Kier molecular flexibility index (Phi) is 3.64. The predicted molar refractivity (Wildman–Crippen MR) is 51.3 cm³/mol. The topological polar surface area (TPSA) is 46.5 Å². The van der Waals surface area contributed by atoms with Crippen molar-refractivity contribution in [3.05, 3.63) is 0 Å². The molecule has 0 saturated carbocycles. The number of carbonyl (C=O) groups excluding carboxylic acids is 1. The van der Waals surface area contributed by atoms with Gasteiger partial charge in [0.15, 0.2) is 12.2 Å². The van der Waals surface area contributed by atoms with E-state index in [1.54, 1.807) is 11.8 Å². The summed E-state index contributed by atoms with van der Waals surface area (Å²) in [5, 5.41) is 9.81. The fourth-order valence-corrected chi connectivity index (χ4v) is 2.32. The van der Waals surface area contributed by atoms with E-state index < -0.39 is 11.6 Å². The molecule has 0 unspecified atom stereocenters. The second-order valence-electron chi connectivity index (χ2n) is 2.92. The van der Waals surface area contributed by atoms with Crippen molar-refractivity contribution in [2.75, 3.05) is 18.1 Å². The zero-order valence-electron chi connectivity index (χ0n) is 7.28. The molecule has 1 fully saturated rings. The number of hydrogen-bond donors (Lipinski definition) is 1. The number of ether oxygens (including phenoxy) is 1. The molecule has 4 heteroatoms. The summed E-state index contributed by atoms with van der Waals surface area (Å²) in [6.07, 6.45) is 5.86. The fraction of sp³-hybridized carbons (Fsp3) is 0.667. The molecule has 1 saturated heterocycles. The summed E-state index contributed by atoms with van der Waals surface area (Å²) in [4.78, 5) is 11.3. The molecule has 0 spiro atoms. The van der Waals surface area contributed by atoms with E-state index in [9.17, 15) is 9.90 Å². The van der Waals surface area contributed by atoms with Gasteiger partial charge in [0, 0.05) is 0 Å². The molecule has 1 rings (SSSR count). The summed E-state index contributed by atoms with van der Waals surface area (Å²) in [5.41, 5.74) is -1.29. The van der Waals surface area contributed by atoms with Gasteiger partial charge in [-0.15, -0.1) is 6.42 Å². The van der Waals surface area contributed by atoms with Gasteiger partial charge in [-0.2, -0.15) is 11.8 Å². The zero-order valence-corrected chi connectivity index (χ0v) is 8.10. The van der Waals surface area contributed by atoms with Crippen LogP contribution in [0, 0.1) is 12.3 Å². The number of thioether (sulfide) groups is 1. The van der Waals surface area contributed by atoms with E-state index in [1.165, 1.54) is 0 Å². The average molecular weight is 200 g/mol. The lowest BCUT2D eigenvalue weighted by Gasteiger charge is -2.28. The molecule has 72 valence electrons. The van der Waals surface area contributed by atoms with E-state index >= 15 is 0 Å². The van der Waals surface area contributed by atoms with Gasteiger partial charge in [0.1, 0.15) is 0 Å². The van der Waals surface area contributed by atoms with Gasteiger partial charge in [-0.1, -0.05) is 5.92 Å². The van der Waals surface area contributed by atoms with Gasteiger partial charge >= 0.3 is 5.97 Å². The lowest BCUT2D eigenvalue weighted by atomic mass is 9.97. The van der Waals surface area contributed by atoms with E-state index in [-0.39, 0.29) is 6.61 Å². The SMILES string of the molecule is C#CCOC(=O)C1(O)CCSCC1. The van der Waals surface area contributed by atoms with Crippen molar-refractivity contribution in [3.63, 3.8) is 0 Å². The first-order chi connectivity index (χ1) is 6.19. The first kappa shape index (κ1) is 10.4. The van der Waals surface area contributed by atoms with Crippen LogP contribution in [0.15, 0.2) is 0 Å². The average Bonchev–Trinajstić information content (AvgIpc) is 2.15. The van der Waals surface area contributed by atoms with Crippen LogP contribution in [0.4, 0.5) is 0 Å². The summed E-state index contributed by atoms with van der Waals surface area (Å²) >= 11 is 1.73.